The zero-order valence-electron chi connectivity index (χ0n) is 15.3. The summed E-state index contributed by atoms with van der Waals surface area (Å²) in [6.07, 6.45) is 5.58. The molecule has 2 aromatic rings. The van der Waals surface area contributed by atoms with Crippen LogP contribution in [0.2, 0.25) is 0 Å². The summed E-state index contributed by atoms with van der Waals surface area (Å²) < 4.78 is 7.51. The zero-order chi connectivity index (χ0) is 18.1. The van der Waals surface area contributed by atoms with Crippen LogP contribution in [-0.4, -0.2) is 69.3 Å². The molecule has 2 saturated heterocycles. The number of nitrogens with zero attached hydrogens (tertiary/aromatic N) is 5. The number of aromatic nitrogens is 3. The number of piperidine rings is 1. The Morgan fingerprint density at radius 3 is 2.81 bits per heavy atom. The second-order valence-electron chi connectivity index (χ2n) is 7.48. The number of carbonyl (C=O) groups is 1. The third-order valence-electron chi connectivity index (χ3n) is 5.75. The van der Waals surface area contributed by atoms with E-state index in [0.717, 1.165) is 32.5 Å². The van der Waals surface area contributed by atoms with Crippen LogP contribution in [0.5, 0.6) is 5.88 Å². The Hall–Kier alpha value is -2.41. The van der Waals surface area contributed by atoms with Crippen LogP contribution in [0.3, 0.4) is 0 Å². The number of likely N-dealkylation sites (tertiary alicyclic amines) is 2. The molecule has 1 amide bonds. The molecule has 0 N–H and O–H groups in total. The normalized spacial score (nSPS) is 22.2. The lowest BCUT2D eigenvalue weighted by Gasteiger charge is -2.58. The first-order valence-corrected chi connectivity index (χ1v) is 9.10. The minimum Gasteiger partial charge on any atom is -0.477 e. The topological polar surface area (TPSA) is 63.5 Å². The van der Waals surface area contributed by atoms with Crippen molar-refractivity contribution in [1.29, 1.82) is 0 Å². The fraction of sp³-hybridized carbons (Fsp3) is 0.526. The molecule has 2 aromatic heterocycles. The van der Waals surface area contributed by atoms with E-state index in [1.807, 2.05) is 23.1 Å². The van der Waals surface area contributed by atoms with Crippen molar-refractivity contribution < 1.29 is 9.53 Å². The van der Waals surface area contributed by atoms with Gasteiger partial charge in [-0.1, -0.05) is 6.07 Å². The van der Waals surface area contributed by atoms with Crippen LogP contribution in [0, 0.1) is 5.92 Å². The molecule has 26 heavy (non-hydrogen) atoms. The summed E-state index contributed by atoms with van der Waals surface area (Å²) in [5.74, 6) is 1.24. The number of pyridine rings is 1. The molecule has 0 aliphatic carbocycles. The maximum absolute atomic E-state index is 12.6. The molecule has 7 nitrogen and oxygen atoms in total. The lowest BCUT2D eigenvalue weighted by molar-refractivity contribution is -0.0698. The highest BCUT2D eigenvalue weighted by atomic mass is 16.5. The molecule has 4 heterocycles. The molecule has 138 valence electrons. The Kier molecular flexibility index (Phi) is 4.40. The first kappa shape index (κ1) is 17.0. The average molecular weight is 355 g/mol. The molecule has 1 atom stereocenters. The molecular weight excluding hydrogens is 330 g/mol. The van der Waals surface area contributed by atoms with E-state index < -0.39 is 0 Å². The minimum atomic E-state index is 0.0656. The van der Waals surface area contributed by atoms with Crippen LogP contribution in [0.15, 0.2) is 36.7 Å². The summed E-state index contributed by atoms with van der Waals surface area (Å²) in [4.78, 5) is 21.2. The van der Waals surface area contributed by atoms with E-state index in [2.05, 4.69) is 22.0 Å². The van der Waals surface area contributed by atoms with Crippen molar-refractivity contribution in [2.75, 3.05) is 33.3 Å². The summed E-state index contributed by atoms with van der Waals surface area (Å²) >= 11 is 0. The summed E-state index contributed by atoms with van der Waals surface area (Å²) in [6.45, 7) is 3.26. The Morgan fingerprint density at radius 2 is 2.12 bits per heavy atom. The van der Waals surface area contributed by atoms with E-state index >= 15 is 0 Å². The molecule has 0 saturated carbocycles. The molecule has 1 unspecified atom stereocenters. The lowest BCUT2D eigenvalue weighted by Crippen LogP contribution is -2.72. The van der Waals surface area contributed by atoms with E-state index in [4.69, 9.17) is 4.74 Å². The van der Waals surface area contributed by atoms with Gasteiger partial charge >= 0.3 is 0 Å². The van der Waals surface area contributed by atoms with Crippen molar-refractivity contribution in [2.24, 2.45) is 13.0 Å². The van der Waals surface area contributed by atoms with Gasteiger partial charge in [0.05, 0.1) is 12.1 Å². The average Bonchev–Trinajstić information content (AvgIpc) is 3.05. The standard InChI is InChI=1S/C19H25N5O2/c1-22-10-7-15(12-26-17-5-3-4-8-20-17)11-19(22)13-24(14-19)18(25)16-6-9-21-23(16)2/h3-6,8-9,15H,7,10-14H2,1-2H3. The molecule has 1 spiro atoms. The van der Waals surface area contributed by atoms with Gasteiger partial charge in [0.2, 0.25) is 5.88 Å². The highest BCUT2D eigenvalue weighted by molar-refractivity contribution is 5.93. The van der Waals surface area contributed by atoms with E-state index in [0.29, 0.717) is 24.1 Å². The molecule has 0 aromatic carbocycles. The second-order valence-corrected chi connectivity index (χ2v) is 7.48. The molecule has 2 aliphatic rings. The summed E-state index contributed by atoms with van der Waals surface area (Å²) in [7, 11) is 3.97. The SMILES string of the molecule is CN1CCC(COc2ccccn2)CC12CN(C(=O)c1ccnn1C)C2. The van der Waals surface area contributed by atoms with Gasteiger partial charge in [-0.3, -0.25) is 14.4 Å². The van der Waals surface area contributed by atoms with Crippen LogP contribution in [-0.2, 0) is 7.05 Å². The van der Waals surface area contributed by atoms with Gasteiger partial charge < -0.3 is 9.64 Å². The summed E-state index contributed by atoms with van der Waals surface area (Å²) in [5, 5.41) is 4.10. The van der Waals surface area contributed by atoms with Gasteiger partial charge in [0, 0.05) is 38.6 Å². The molecular formula is C19H25N5O2. The van der Waals surface area contributed by atoms with E-state index in [1.54, 1.807) is 30.2 Å². The van der Waals surface area contributed by atoms with Crippen molar-refractivity contribution >= 4 is 5.91 Å². The highest BCUT2D eigenvalue weighted by Gasteiger charge is 2.51. The first-order valence-electron chi connectivity index (χ1n) is 9.10. The number of hydrogen-bond donors (Lipinski definition) is 0. The van der Waals surface area contributed by atoms with Crippen LogP contribution >= 0.6 is 0 Å². The molecule has 4 rings (SSSR count). The van der Waals surface area contributed by atoms with Crippen molar-refractivity contribution in [3.8, 4) is 5.88 Å². The van der Waals surface area contributed by atoms with Crippen LogP contribution in [0.25, 0.3) is 0 Å². The van der Waals surface area contributed by atoms with E-state index in [9.17, 15) is 4.79 Å². The first-order chi connectivity index (χ1) is 12.6. The highest BCUT2D eigenvalue weighted by Crippen LogP contribution is 2.38. The van der Waals surface area contributed by atoms with Gasteiger partial charge in [0.25, 0.3) is 5.91 Å². The lowest BCUT2D eigenvalue weighted by atomic mass is 9.75. The van der Waals surface area contributed by atoms with E-state index in [-0.39, 0.29) is 11.4 Å². The van der Waals surface area contributed by atoms with Crippen LogP contribution in [0.1, 0.15) is 23.3 Å². The van der Waals surface area contributed by atoms with Crippen LogP contribution < -0.4 is 4.74 Å². The molecule has 2 fully saturated rings. The molecule has 2 aliphatic heterocycles. The number of carbonyl (C=O) groups excluding carboxylic acids is 1. The van der Waals surface area contributed by atoms with Crippen LogP contribution in [0.4, 0.5) is 0 Å². The van der Waals surface area contributed by atoms with Gasteiger partial charge in [0.1, 0.15) is 5.69 Å². The maximum Gasteiger partial charge on any atom is 0.272 e. The van der Waals surface area contributed by atoms with Crippen molar-refractivity contribution in [2.45, 2.75) is 18.4 Å². The number of ether oxygens (including phenoxy) is 1. The minimum absolute atomic E-state index is 0.0656. The molecule has 0 radical (unpaired) electrons. The molecule has 0 bridgehead atoms. The Morgan fingerprint density at radius 1 is 1.27 bits per heavy atom. The maximum atomic E-state index is 12.6. The van der Waals surface area contributed by atoms with Gasteiger partial charge in [-0.15, -0.1) is 0 Å². The van der Waals surface area contributed by atoms with Crippen molar-refractivity contribution in [3.63, 3.8) is 0 Å². The fourth-order valence-corrected chi connectivity index (χ4v) is 4.11. The number of rotatable bonds is 4. The monoisotopic (exact) mass is 355 g/mol. The zero-order valence-corrected chi connectivity index (χ0v) is 15.3. The number of aryl methyl sites for hydroxylation is 1. The summed E-state index contributed by atoms with van der Waals surface area (Å²) in [6, 6.07) is 7.50. The third-order valence-corrected chi connectivity index (χ3v) is 5.75. The number of amides is 1. The third kappa shape index (κ3) is 3.07. The van der Waals surface area contributed by atoms with Crippen molar-refractivity contribution in [3.05, 3.63) is 42.4 Å². The van der Waals surface area contributed by atoms with Gasteiger partial charge in [-0.25, -0.2) is 4.98 Å². The largest absolute Gasteiger partial charge is 0.477 e. The quantitative estimate of drug-likeness (QED) is 0.830. The Bertz CT molecular complexity index is 769. The van der Waals surface area contributed by atoms with E-state index in [1.165, 1.54) is 0 Å². The van der Waals surface area contributed by atoms with Gasteiger partial charge in [-0.2, -0.15) is 5.10 Å². The van der Waals surface area contributed by atoms with Gasteiger partial charge in [-0.05, 0) is 44.5 Å². The van der Waals surface area contributed by atoms with Gasteiger partial charge in [0.15, 0.2) is 0 Å². The predicted molar refractivity (Wildman–Crippen MR) is 96.9 cm³/mol. The Labute approximate surface area is 153 Å². The number of likely N-dealkylation sites (N-methyl/N-ethyl adjacent to an activating group) is 1. The van der Waals surface area contributed by atoms with Crippen molar-refractivity contribution in [1.82, 2.24) is 24.6 Å². The summed E-state index contributed by atoms with van der Waals surface area (Å²) in [5.41, 5.74) is 0.721. The second kappa shape index (κ2) is 6.72. The Balaban J connectivity index is 1.36. The molecule has 7 heteroatoms. The fourth-order valence-electron chi connectivity index (χ4n) is 4.11. The smallest absolute Gasteiger partial charge is 0.272 e. The predicted octanol–water partition coefficient (Wildman–Crippen LogP) is 1.43. The number of hydrogen-bond acceptors (Lipinski definition) is 5.